The lowest BCUT2D eigenvalue weighted by atomic mass is 9.88. The van der Waals surface area contributed by atoms with Gasteiger partial charge in [-0.3, -0.25) is 0 Å². The number of rotatable bonds is 7. The lowest BCUT2D eigenvalue weighted by Gasteiger charge is -2.32. The standard InChI is InChI=1S/C12H23F2O3/c1-5-12(13,14)11(4,17)8-6-7-9(15)10(2,3)16/h9,15-17H,1,5-8H2,2-4H3. The fourth-order valence-electron chi connectivity index (χ4n) is 1.45. The molecule has 0 heterocycles. The molecule has 0 aliphatic heterocycles. The van der Waals surface area contributed by atoms with Crippen LogP contribution >= 0.6 is 0 Å². The van der Waals surface area contributed by atoms with Crippen molar-refractivity contribution in [2.75, 3.05) is 0 Å². The third kappa shape index (κ3) is 4.85. The lowest BCUT2D eigenvalue weighted by molar-refractivity contribution is -0.174. The number of aliphatic hydroxyl groups is 3. The Morgan fingerprint density at radius 2 is 1.65 bits per heavy atom. The van der Waals surface area contributed by atoms with E-state index in [1.165, 1.54) is 13.8 Å². The molecular formula is C12H23F2O3. The van der Waals surface area contributed by atoms with Crippen LogP contribution in [0, 0.1) is 6.92 Å². The van der Waals surface area contributed by atoms with Gasteiger partial charge in [0.1, 0.15) is 5.60 Å². The fourth-order valence-corrected chi connectivity index (χ4v) is 1.45. The molecule has 0 bridgehead atoms. The number of hydrogen-bond acceptors (Lipinski definition) is 3. The van der Waals surface area contributed by atoms with E-state index in [9.17, 15) is 24.1 Å². The molecule has 0 saturated heterocycles. The van der Waals surface area contributed by atoms with Crippen molar-refractivity contribution in [1.29, 1.82) is 0 Å². The van der Waals surface area contributed by atoms with Gasteiger partial charge in [-0.2, -0.15) is 0 Å². The summed E-state index contributed by atoms with van der Waals surface area (Å²) in [5, 5.41) is 28.6. The largest absolute Gasteiger partial charge is 0.390 e. The average Bonchev–Trinajstić information content (AvgIpc) is 2.15. The Kier molecular flexibility index (Phi) is 5.50. The minimum absolute atomic E-state index is 0.150. The predicted molar refractivity (Wildman–Crippen MR) is 61.7 cm³/mol. The molecule has 5 heteroatoms. The lowest BCUT2D eigenvalue weighted by Crippen LogP contribution is -2.45. The summed E-state index contributed by atoms with van der Waals surface area (Å²) in [6, 6.07) is 0. The molecule has 0 aromatic rings. The topological polar surface area (TPSA) is 60.7 Å². The summed E-state index contributed by atoms with van der Waals surface area (Å²) >= 11 is 0. The predicted octanol–water partition coefficient (Wildman–Crippen LogP) is 1.90. The van der Waals surface area contributed by atoms with Gasteiger partial charge >= 0.3 is 0 Å². The molecule has 2 atom stereocenters. The average molecular weight is 253 g/mol. The van der Waals surface area contributed by atoms with Crippen molar-refractivity contribution in [1.82, 2.24) is 0 Å². The Morgan fingerprint density at radius 3 is 2.00 bits per heavy atom. The van der Waals surface area contributed by atoms with Gasteiger partial charge in [0.2, 0.25) is 0 Å². The summed E-state index contributed by atoms with van der Waals surface area (Å²) in [5.74, 6) is -3.24. The third-order valence-electron chi connectivity index (χ3n) is 3.06. The van der Waals surface area contributed by atoms with E-state index in [2.05, 4.69) is 6.92 Å². The zero-order valence-corrected chi connectivity index (χ0v) is 10.7. The van der Waals surface area contributed by atoms with Crippen LogP contribution in [-0.2, 0) is 0 Å². The van der Waals surface area contributed by atoms with Crippen molar-refractivity contribution in [2.45, 2.75) is 69.7 Å². The minimum Gasteiger partial charge on any atom is -0.390 e. The Morgan fingerprint density at radius 1 is 1.18 bits per heavy atom. The maximum Gasteiger partial charge on any atom is 0.275 e. The second-order valence-electron chi connectivity index (χ2n) is 5.29. The quantitative estimate of drug-likeness (QED) is 0.649. The van der Waals surface area contributed by atoms with E-state index < -0.39 is 29.6 Å². The van der Waals surface area contributed by atoms with E-state index in [-0.39, 0.29) is 19.3 Å². The zero-order chi connectivity index (χ0) is 13.9. The molecular weight excluding hydrogens is 230 g/mol. The third-order valence-corrected chi connectivity index (χ3v) is 3.06. The first-order valence-corrected chi connectivity index (χ1v) is 5.74. The van der Waals surface area contributed by atoms with Crippen LogP contribution in [-0.4, -0.2) is 38.5 Å². The Labute approximate surface area is 101 Å². The van der Waals surface area contributed by atoms with Crippen molar-refractivity contribution in [3.63, 3.8) is 0 Å². The van der Waals surface area contributed by atoms with Crippen molar-refractivity contribution >= 4 is 0 Å². The van der Waals surface area contributed by atoms with Crippen LogP contribution in [0.1, 0.15) is 46.5 Å². The first kappa shape index (κ1) is 16.7. The molecule has 0 aliphatic carbocycles. The Bertz CT molecular complexity index is 234. The van der Waals surface area contributed by atoms with Gasteiger partial charge < -0.3 is 15.3 Å². The van der Waals surface area contributed by atoms with Gasteiger partial charge in [0.15, 0.2) is 0 Å². The molecule has 0 amide bonds. The number of aliphatic hydroxyl groups excluding tert-OH is 1. The minimum atomic E-state index is -3.24. The summed E-state index contributed by atoms with van der Waals surface area (Å²) < 4.78 is 26.5. The van der Waals surface area contributed by atoms with E-state index in [0.29, 0.717) is 0 Å². The summed E-state index contributed by atoms with van der Waals surface area (Å²) in [7, 11) is 0. The van der Waals surface area contributed by atoms with Crippen LogP contribution < -0.4 is 0 Å². The van der Waals surface area contributed by atoms with Crippen molar-refractivity contribution < 1.29 is 24.1 Å². The monoisotopic (exact) mass is 253 g/mol. The summed E-state index contributed by atoms with van der Waals surface area (Å²) in [6.07, 6.45) is -1.45. The molecule has 2 unspecified atom stereocenters. The molecule has 0 saturated carbocycles. The first-order valence-electron chi connectivity index (χ1n) is 5.74. The van der Waals surface area contributed by atoms with Gasteiger partial charge in [-0.15, -0.1) is 0 Å². The summed E-state index contributed by atoms with van der Waals surface area (Å²) in [4.78, 5) is 0. The van der Waals surface area contributed by atoms with E-state index in [1.807, 2.05) is 0 Å². The molecule has 17 heavy (non-hydrogen) atoms. The van der Waals surface area contributed by atoms with Gasteiger partial charge in [-0.05, 0) is 47.0 Å². The van der Waals surface area contributed by atoms with Crippen LogP contribution in [0.5, 0.6) is 0 Å². The maximum absolute atomic E-state index is 13.3. The van der Waals surface area contributed by atoms with Crippen molar-refractivity contribution in [2.24, 2.45) is 0 Å². The molecule has 3 N–H and O–H groups in total. The second kappa shape index (κ2) is 5.59. The van der Waals surface area contributed by atoms with Crippen molar-refractivity contribution in [3.8, 4) is 0 Å². The molecule has 0 spiro atoms. The van der Waals surface area contributed by atoms with Gasteiger partial charge in [0, 0.05) is 6.42 Å². The van der Waals surface area contributed by atoms with E-state index in [1.54, 1.807) is 0 Å². The Hall–Kier alpha value is -0.260. The van der Waals surface area contributed by atoms with Crippen molar-refractivity contribution in [3.05, 3.63) is 6.92 Å². The second-order valence-corrected chi connectivity index (χ2v) is 5.29. The number of halogens is 2. The van der Waals surface area contributed by atoms with Gasteiger partial charge in [0.25, 0.3) is 5.92 Å². The first-order chi connectivity index (χ1) is 7.44. The molecule has 3 nitrogen and oxygen atoms in total. The highest BCUT2D eigenvalue weighted by molar-refractivity contribution is 4.90. The summed E-state index contributed by atoms with van der Waals surface area (Å²) in [6.45, 7) is 7.06. The van der Waals surface area contributed by atoms with Crippen LogP contribution in [0.3, 0.4) is 0 Å². The van der Waals surface area contributed by atoms with Gasteiger partial charge in [0.05, 0.1) is 11.7 Å². The van der Waals surface area contributed by atoms with E-state index >= 15 is 0 Å². The Balaban J connectivity index is 4.22. The molecule has 0 aromatic heterocycles. The SMILES string of the molecule is [CH2]CC(F)(F)C(C)(O)CCCC(O)C(C)(C)O. The van der Waals surface area contributed by atoms with E-state index in [0.717, 1.165) is 6.92 Å². The highest BCUT2D eigenvalue weighted by Crippen LogP contribution is 2.35. The number of hydrogen-bond donors (Lipinski definition) is 3. The maximum atomic E-state index is 13.3. The smallest absolute Gasteiger partial charge is 0.275 e. The molecule has 0 aliphatic rings. The molecule has 0 aromatic carbocycles. The van der Waals surface area contributed by atoms with Crippen LogP contribution in [0.2, 0.25) is 0 Å². The van der Waals surface area contributed by atoms with Crippen LogP contribution in [0.4, 0.5) is 8.78 Å². The number of alkyl halides is 2. The molecule has 0 fully saturated rings. The molecule has 1 radical (unpaired) electrons. The van der Waals surface area contributed by atoms with Crippen LogP contribution in [0.15, 0.2) is 0 Å². The van der Waals surface area contributed by atoms with Gasteiger partial charge in [-0.1, -0.05) is 0 Å². The fraction of sp³-hybridized carbons (Fsp3) is 0.917. The highest BCUT2D eigenvalue weighted by atomic mass is 19.3. The molecule has 0 rings (SSSR count). The summed E-state index contributed by atoms with van der Waals surface area (Å²) in [5.41, 5.74) is -3.39. The normalized spacial score (nSPS) is 18.9. The van der Waals surface area contributed by atoms with Crippen LogP contribution in [0.25, 0.3) is 0 Å². The van der Waals surface area contributed by atoms with E-state index in [4.69, 9.17) is 0 Å². The molecule has 103 valence electrons. The van der Waals surface area contributed by atoms with Gasteiger partial charge in [-0.25, -0.2) is 8.78 Å². The zero-order valence-electron chi connectivity index (χ0n) is 10.7. The highest BCUT2D eigenvalue weighted by Gasteiger charge is 2.46.